The van der Waals surface area contributed by atoms with Gasteiger partial charge in [-0.1, -0.05) is 36.7 Å². The minimum atomic E-state index is 0.00674. The molecule has 0 spiro atoms. The van der Waals surface area contributed by atoms with Gasteiger partial charge in [0.2, 0.25) is 0 Å². The summed E-state index contributed by atoms with van der Waals surface area (Å²) in [5.74, 6) is 0.00674. The second kappa shape index (κ2) is 6.89. The van der Waals surface area contributed by atoms with E-state index < -0.39 is 0 Å². The van der Waals surface area contributed by atoms with E-state index in [4.69, 9.17) is 0 Å². The number of rotatable bonds is 4. The van der Waals surface area contributed by atoms with Crippen molar-refractivity contribution in [3.05, 3.63) is 33.4 Å². The Morgan fingerprint density at radius 2 is 1.89 bits per heavy atom. The summed E-state index contributed by atoms with van der Waals surface area (Å²) in [4.78, 5) is 12.2. The van der Waals surface area contributed by atoms with E-state index in [2.05, 4.69) is 64.6 Å². The van der Waals surface area contributed by atoms with Gasteiger partial charge < -0.3 is 5.32 Å². The van der Waals surface area contributed by atoms with E-state index in [1.807, 2.05) is 24.3 Å². The van der Waals surface area contributed by atoms with Gasteiger partial charge in [0, 0.05) is 20.5 Å². The van der Waals surface area contributed by atoms with Crippen LogP contribution >= 0.6 is 38.5 Å². The molecule has 1 aromatic carbocycles. The van der Waals surface area contributed by atoms with E-state index in [-0.39, 0.29) is 17.4 Å². The van der Waals surface area contributed by atoms with E-state index in [9.17, 15) is 4.79 Å². The fourth-order valence-electron chi connectivity index (χ4n) is 1.67. The van der Waals surface area contributed by atoms with E-state index in [0.717, 1.165) is 20.9 Å². The quantitative estimate of drug-likeness (QED) is 0.570. The zero-order valence-corrected chi connectivity index (χ0v) is 14.7. The molecule has 100 valence electrons. The number of halogens is 2. The molecule has 0 aromatic heterocycles. The number of hydrogen-bond donors (Lipinski definition) is 1. The molecule has 0 saturated heterocycles. The summed E-state index contributed by atoms with van der Waals surface area (Å²) in [6.07, 6.45) is 0.930. The zero-order valence-electron chi connectivity index (χ0n) is 11.0. The maximum atomic E-state index is 12.2. The van der Waals surface area contributed by atoms with Crippen LogP contribution in [-0.2, 0) is 0 Å². The molecule has 0 radical (unpaired) electrons. The lowest BCUT2D eigenvalue weighted by atomic mass is 9.85. The van der Waals surface area contributed by atoms with Crippen LogP contribution in [0.25, 0.3) is 0 Å². The van der Waals surface area contributed by atoms with Gasteiger partial charge in [0.15, 0.2) is 0 Å². The number of nitrogens with one attached hydrogen (secondary N) is 1. The molecule has 1 rings (SSSR count). The monoisotopic (exact) mass is 423 g/mol. The summed E-state index contributed by atoms with van der Waals surface area (Å²) in [6, 6.07) is 7.80. The maximum Gasteiger partial charge on any atom is 0.251 e. The van der Waals surface area contributed by atoms with Gasteiger partial charge in [-0.05, 0) is 58.7 Å². The SMILES string of the molecule is CC(C)(C)C(CCBr)NC(=O)c1ccc(I)cc1. The van der Waals surface area contributed by atoms with Gasteiger partial charge in [0.1, 0.15) is 0 Å². The molecule has 0 aliphatic heterocycles. The zero-order chi connectivity index (χ0) is 13.8. The van der Waals surface area contributed by atoms with E-state index in [0.29, 0.717) is 0 Å². The van der Waals surface area contributed by atoms with Crippen LogP contribution < -0.4 is 5.32 Å². The van der Waals surface area contributed by atoms with Crippen LogP contribution in [-0.4, -0.2) is 17.3 Å². The lowest BCUT2D eigenvalue weighted by molar-refractivity contribution is 0.0900. The summed E-state index contributed by atoms with van der Waals surface area (Å²) in [5, 5.41) is 4.01. The molecule has 1 N–H and O–H groups in total. The Balaban J connectivity index is 2.75. The van der Waals surface area contributed by atoms with Crippen LogP contribution in [0.3, 0.4) is 0 Å². The molecule has 1 aromatic rings. The van der Waals surface area contributed by atoms with Crippen LogP contribution in [0.15, 0.2) is 24.3 Å². The minimum absolute atomic E-state index is 0.00674. The van der Waals surface area contributed by atoms with Crippen molar-refractivity contribution in [2.75, 3.05) is 5.33 Å². The van der Waals surface area contributed by atoms with Gasteiger partial charge in [0.05, 0.1) is 0 Å². The molecule has 0 saturated carbocycles. The molecule has 1 unspecified atom stereocenters. The lowest BCUT2D eigenvalue weighted by Crippen LogP contribution is -2.44. The summed E-state index contributed by atoms with van der Waals surface area (Å²) in [5.41, 5.74) is 0.784. The highest BCUT2D eigenvalue weighted by molar-refractivity contribution is 14.1. The van der Waals surface area contributed by atoms with Crippen molar-refractivity contribution in [2.45, 2.75) is 33.2 Å². The topological polar surface area (TPSA) is 29.1 Å². The van der Waals surface area contributed by atoms with E-state index in [1.54, 1.807) is 0 Å². The largest absolute Gasteiger partial charge is 0.349 e. The fourth-order valence-corrected chi connectivity index (χ4v) is 2.49. The first-order chi connectivity index (χ1) is 8.34. The Morgan fingerprint density at radius 1 is 1.33 bits per heavy atom. The summed E-state index contributed by atoms with van der Waals surface area (Å²) in [7, 11) is 0. The molecule has 1 atom stereocenters. The molecule has 2 nitrogen and oxygen atoms in total. The van der Waals surface area contributed by atoms with Crippen LogP contribution in [0.4, 0.5) is 0 Å². The van der Waals surface area contributed by atoms with Gasteiger partial charge in [-0.2, -0.15) is 0 Å². The first kappa shape index (κ1) is 16.0. The number of carbonyl (C=O) groups is 1. The second-order valence-corrected chi connectivity index (χ2v) is 7.42. The Labute approximate surface area is 131 Å². The number of alkyl halides is 1. The standard InChI is InChI=1S/C14H19BrINO/c1-14(2,3)12(8-9-15)17-13(18)10-4-6-11(16)7-5-10/h4-7,12H,8-9H2,1-3H3,(H,17,18). The number of hydrogen-bond acceptors (Lipinski definition) is 1. The third kappa shape index (κ3) is 4.88. The smallest absolute Gasteiger partial charge is 0.251 e. The van der Waals surface area contributed by atoms with Crippen molar-refractivity contribution < 1.29 is 4.79 Å². The van der Waals surface area contributed by atoms with Crippen molar-refractivity contribution in [2.24, 2.45) is 5.41 Å². The Hall–Kier alpha value is -0.100. The van der Waals surface area contributed by atoms with Crippen molar-refractivity contribution in [3.8, 4) is 0 Å². The van der Waals surface area contributed by atoms with Crippen LogP contribution in [0, 0.1) is 8.99 Å². The minimum Gasteiger partial charge on any atom is -0.349 e. The molecule has 18 heavy (non-hydrogen) atoms. The molecule has 1 amide bonds. The summed E-state index contributed by atoms with van der Waals surface area (Å²) >= 11 is 5.68. The average molecular weight is 424 g/mol. The highest BCUT2D eigenvalue weighted by Gasteiger charge is 2.25. The fraction of sp³-hybridized carbons (Fsp3) is 0.500. The molecule has 0 bridgehead atoms. The molecule has 0 heterocycles. The summed E-state index contributed by atoms with van der Waals surface area (Å²) in [6.45, 7) is 6.44. The van der Waals surface area contributed by atoms with Crippen molar-refractivity contribution in [1.29, 1.82) is 0 Å². The highest BCUT2D eigenvalue weighted by Crippen LogP contribution is 2.23. The Bertz CT molecular complexity index is 397. The molecular formula is C14H19BrINO. The van der Waals surface area contributed by atoms with Crippen molar-refractivity contribution in [1.82, 2.24) is 5.32 Å². The predicted molar refractivity (Wildman–Crippen MR) is 88.3 cm³/mol. The second-order valence-electron chi connectivity index (χ2n) is 5.38. The van der Waals surface area contributed by atoms with Crippen LogP contribution in [0.1, 0.15) is 37.6 Å². The molecule has 0 fully saturated rings. The van der Waals surface area contributed by atoms with E-state index in [1.165, 1.54) is 0 Å². The van der Waals surface area contributed by atoms with Gasteiger partial charge >= 0.3 is 0 Å². The third-order valence-corrected chi connectivity index (χ3v) is 4.03. The Morgan fingerprint density at radius 3 is 2.33 bits per heavy atom. The van der Waals surface area contributed by atoms with E-state index >= 15 is 0 Å². The predicted octanol–water partition coefficient (Wildman–Crippen LogP) is 4.22. The lowest BCUT2D eigenvalue weighted by Gasteiger charge is -2.31. The number of benzene rings is 1. The van der Waals surface area contributed by atoms with Crippen LogP contribution in [0.2, 0.25) is 0 Å². The van der Waals surface area contributed by atoms with Crippen molar-refractivity contribution >= 4 is 44.4 Å². The van der Waals surface area contributed by atoms with Gasteiger partial charge in [-0.25, -0.2) is 0 Å². The number of carbonyl (C=O) groups excluding carboxylic acids is 1. The van der Waals surface area contributed by atoms with Gasteiger partial charge in [-0.3, -0.25) is 4.79 Å². The first-order valence-electron chi connectivity index (χ1n) is 5.97. The molecule has 0 aliphatic rings. The third-order valence-electron chi connectivity index (χ3n) is 2.85. The molecular weight excluding hydrogens is 405 g/mol. The van der Waals surface area contributed by atoms with Crippen LogP contribution in [0.5, 0.6) is 0 Å². The Kier molecular flexibility index (Phi) is 6.11. The molecule has 4 heteroatoms. The highest BCUT2D eigenvalue weighted by atomic mass is 127. The number of amides is 1. The maximum absolute atomic E-state index is 12.2. The van der Waals surface area contributed by atoms with Gasteiger partial charge in [0.25, 0.3) is 5.91 Å². The average Bonchev–Trinajstić information content (AvgIpc) is 2.28. The van der Waals surface area contributed by atoms with Crippen molar-refractivity contribution in [3.63, 3.8) is 0 Å². The summed E-state index contributed by atoms with van der Waals surface area (Å²) < 4.78 is 1.14. The normalized spacial score (nSPS) is 13.2. The van der Waals surface area contributed by atoms with Gasteiger partial charge in [-0.15, -0.1) is 0 Å². The first-order valence-corrected chi connectivity index (χ1v) is 8.17. The molecule has 0 aliphatic carbocycles.